The van der Waals surface area contributed by atoms with Gasteiger partial charge in [-0.25, -0.2) is 0 Å². The Morgan fingerprint density at radius 1 is 1.00 bits per heavy atom. The van der Waals surface area contributed by atoms with Gasteiger partial charge in [0.2, 0.25) is 11.8 Å². The standard InChI is InChI=1S/C23H30N2O4/c1-18(23(27)24-15-16-28-2)25(17-20-9-12-21(29-3)13-10-20)22(26)14-11-19-7-5-4-6-8-19/h4-10,12-13,18H,11,14-17H2,1-3H3,(H,24,27)/t18-/m0/s1. The van der Waals surface area contributed by atoms with Crippen molar-refractivity contribution in [2.75, 3.05) is 27.4 Å². The number of nitrogens with one attached hydrogen (secondary N) is 1. The molecule has 0 heterocycles. The molecule has 0 unspecified atom stereocenters. The van der Waals surface area contributed by atoms with Gasteiger partial charge in [-0.15, -0.1) is 0 Å². The first kappa shape index (κ1) is 22.4. The number of ether oxygens (including phenoxy) is 2. The smallest absolute Gasteiger partial charge is 0.242 e. The molecule has 2 amide bonds. The van der Waals surface area contributed by atoms with Crippen LogP contribution in [-0.4, -0.2) is 50.1 Å². The lowest BCUT2D eigenvalue weighted by molar-refractivity contribution is -0.140. The Labute approximate surface area is 172 Å². The monoisotopic (exact) mass is 398 g/mol. The van der Waals surface area contributed by atoms with Crippen LogP contribution in [0.4, 0.5) is 0 Å². The summed E-state index contributed by atoms with van der Waals surface area (Å²) in [5.74, 6) is 0.503. The van der Waals surface area contributed by atoms with Crippen molar-refractivity contribution in [3.05, 3.63) is 65.7 Å². The average Bonchev–Trinajstić information content (AvgIpc) is 2.76. The molecule has 0 bridgehead atoms. The van der Waals surface area contributed by atoms with E-state index in [9.17, 15) is 9.59 Å². The number of amides is 2. The van der Waals surface area contributed by atoms with Crippen LogP contribution in [0.25, 0.3) is 0 Å². The third-order valence-electron chi connectivity index (χ3n) is 4.76. The summed E-state index contributed by atoms with van der Waals surface area (Å²) in [6.45, 7) is 2.95. The summed E-state index contributed by atoms with van der Waals surface area (Å²) >= 11 is 0. The topological polar surface area (TPSA) is 67.9 Å². The Morgan fingerprint density at radius 3 is 2.31 bits per heavy atom. The van der Waals surface area contributed by atoms with Gasteiger partial charge in [0.1, 0.15) is 11.8 Å². The van der Waals surface area contributed by atoms with Gasteiger partial charge in [0.25, 0.3) is 0 Å². The summed E-state index contributed by atoms with van der Waals surface area (Å²) in [5.41, 5.74) is 2.04. The molecule has 2 aromatic carbocycles. The first-order valence-corrected chi connectivity index (χ1v) is 9.78. The zero-order valence-electron chi connectivity index (χ0n) is 17.4. The van der Waals surface area contributed by atoms with Gasteiger partial charge in [-0.2, -0.15) is 0 Å². The molecule has 0 aliphatic heterocycles. The Kier molecular flexibility index (Phi) is 9.18. The van der Waals surface area contributed by atoms with E-state index in [1.54, 1.807) is 26.0 Å². The highest BCUT2D eigenvalue weighted by atomic mass is 16.5. The summed E-state index contributed by atoms with van der Waals surface area (Å²) in [4.78, 5) is 27.2. The highest BCUT2D eigenvalue weighted by molar-refractivity contribution is 5.87. The summed E-state index contributed by atoms with van der Waals surface area (Å²) in [6, 6.07) is 16.8. The number of hydrogen-bond donors (Lipinski definition) is 1. The first-order chi connectivity index (χ1) is 14.0. The highest BCUT2D eigenvalue weighted by Gasteiger charge is 2.25. The second-order valence-corrected chi connectivity index (χ2v) is 6.82. The van der Waals surface area contributed by atoms with Gasteiger partial charge in [-0.1, -0.05) is 42.5 Å². The zero-order chi connectivity index (χ0) is 21.1. The van der Waals surface area contributed by atoms with Crippen molar-refractivity contribution in [2.45, 2.75) is 32.4 Å². The predicted molar refractivity (Wildman–Crippen MR) is 113 cm³/mol. The zero-order valence-corrected chi connectivity index (χ0v) is 17.4. The van der Waals surface area contributed by atoms with Crippen molar-refractivity contribution in [1.82, 2.24) is 10.2 Å². The van der Waals surface area contributed by atoms with E-state index in [2.05, 4.69) is 5.32 Å². The minimum Gasteiger partial charge on any atom is -0.497 e. The van der Waals surface area contributed by atoms with Crippen LogP contribution in [0, 0.1) is 0 Å². The van der Waals surface area contributed by atoms with Crippen LogP contribution < -0.4 is 10.1 Å². The van der Waals surface area contributed by atoms with E-state index >= 15 is 0 Å². The minimum atomic E-state index is -0.586. The van der Waals surface area contributed by atoms with Gasteiger partial charge in [0.05, 0.1) is 13.7 Å². The summed E-state index contributed by atoms with van der Waals surface area (Å²) < 4.78 is 10.2. The number of aryl methyl sites for hydroxylation is 1. The lowest BCUT2D eigenvalue weighted by Gasteiger charge is -2.29. The maximum Gasteiger partial charge on any atom is 0.242 e. The van der Waals surface area contributed by atoms with E-state index in [1.165, 1.54) is 0 Å². The second kappa shape index (κ2) is 11.9. The third kappa shape index (κ3) is 7.23. The predicted octanol–water partition coefficient (Wildman–Crippen LogP) is 2.81. The van der Waals surface area contributed by atoms with E-state index < -0.39 is 6.04 Å². The lowest BCUT2D eigenvalue weighted by Crippen LogP contribution is -2.48. The molecule has 1 atom stereocenters. The molecule has 0 spiro atoms. The fraction of sp³-hybridized carbons (Fsp3) is 0.391. The lowest BCUT2D eigenvalue weighted by atomic mass is 10.1. The molecule has 6 nitrogen and oxygen atoms in total. The van der Waals surface area contributed by atoms with E-state index in [4.69, 9.17) is 9.47 Å². The Balaban J connectivity index is 2.09. The van der Waals surface area contributed by atoms with Crippen molar-refractivity contribution in [3.8, 4) is 5.75 Å². The van der Waals surface area contributed by atoms with E-state index in [0.29, 0.717) is 32.5 Å². The van der Waals surface area contributed by atoms with Crippen molar-refractivity contribution in [1.29, 1.82) is 0 Å². The number of carbonyl (C=O) groups is 2. The van der Waals surface area contributed by atoms with Crippen molar-refractivity contribution in [3.63, 3.8) is 0 Å². The third-order valence-corrected chi connectivity index (χ3v) is 4.76. The molecule has 0 aliphatic rings. The first-order valence-electron chi connectivity index (χ1n) is 9.78. The SMILES string of the molecule is COCCNC(=O)[C@H](C)N(Cc1ccc(OC)cc1)C(=O)CCc1ccccc1. The molecule has 0 radical (unpaired) electrons. The molecule has 156 valence electrons. The molecule has 2 rings (SSSR count). The molecular weight excluding hydrogens is 368 g/mol. The fourth-order valence-corrected chi connectivity index (χ4v) is 2.97. The van der Waals surface area contributed by atoms with Crippen molar-refractivity contribution < 1.29 is 19.1 Å². The summed E-state index contributed by atoms with van der Waals surface area (Å²) in [7, 11) is 3.19. The second-order valence-electron chi connectivity index (χ2n) is 6.82. The number of nitrogens with zero attached hydrogens (tertiary/aromatic N) is 1. The van der Waals surface area contributed by atoms with Crippen LogP contribution in [0.15, 0.2) is 54.6 Å². The molecule has 0 fully saturated rings. The highest BCUT2D eigenvalue weighted by Crippen LogP contribution is 2.16. The number of benzene rings is 2. The van der Waals surface area contributed by atoms with Crippen LogP contribution >= 0.6 is 0 Å². The number of carbonyl (C=O) groups excluding carboxylic acids is 2. The van der Waals surface area contributed by atoms with Crippen LogP contribution in [0.3, 0.4) is 0 Å². The van der Waals surface area contributed by atoms with Crippen LogP contribution in [-0.2, 0) is 27.3 Å². The van der Waals surface area contributed by atoms with Gasteiger partial charge in [-0.3, -0.25) is 9.59 Å². The Morgan fingerprint density at radius 2 is 1.69 bits per heavy atom. The molecule has 29 heavy (non-hydrogen) atoms. The summed E-state index contributed by atoms with van der Waals surface area (Å²) in [5, 5.41) is 2.82. The van der Waals surface area contributed by atoms with Crippen LogP contribution in [0.1, 0.15) is 24.5 Å². The fourth-order valence-electron chi connectivity index (χ4n) is 2.97. The number of hydrogen-bond acceptors (Lipinski definition) is 4. The quantitative estimate of drug-likeness (QED) is 0.591. The van der Waals surface area contributed by atoms with Gasteiger partial charge in [0, 0.05) is 26.6 Å². The van der Waals surface area contributed by atoms with Crippen molar-refractivity contribution in [2.24, 2.45) is 0 Å². The van der Waals surface area contributed by atoms with E-state index in [-0.39, 0.29) is 11.8 Å². The Hall–Kier alpha value is -2.86. The molecule has 0 saturated carbocycles. The average molecular weight is 399 g/mol. The Bertz CT molecular complexity index is 762. The van der Waals surface area contributed by atoms with Crippen LogP contribution in [0.2, 0.25) is 0 Å². The van der Waals surface area contributed by atoms with E-state index in [0.717, 1.165) is 16.9 Å². The molecule has 0 aromatic heterocycles. The van der Waals surface area contributed by atoms with E-state index in [1.807, 2.05) is 54.6 Å². The molecule has 0 saturated heterocycles. The largest absolute Gasteiger partial charge is 0.497 e. The van der Waals surface area contributed by atoms with Crippen molar-refractivity contribution >= 4 is 11.8 Å². The maximum absolute atomic E-state index is 13.0. The van der Waals surface area contributed by atoms with Gasteiger partial charge >= 0.3 is 0 Å². The van der Waals surface area contributed by atoms with Gasteiger partial charge in [0.15, 0.2) is 0 Å². The van der Waals surface area contributed by atoms with Gasteiger partial charge in [-0.05, 0) is 36.6 Å². The normalized spacial score (nSPS) is 11.6. The summed E-state index contributed by atoms with van der Waals surface area (Å²) in [6.07, 6.45) is 0.979. The molecule has 1 N–H and O–H groups in total. The molecule has 0 aliphatic carbocycles. The maximum atomic E-state index is 13.0. The molecule has 6 heteroatoms. The molecule has 2 aromatic rings. The van der Waals surface area contributed by atoms with Gasteiger partial charge < -0.3 is 19.7 Å². The minimum absolute atomic E-state index is 0.0564. The molecular formula is C23H30N2O4. The number of methoxy groups -OCH3 is 2. The number of rotatable bonds is 11. The van der Waals surface area contributed by atoms with Crippen LogP contribution in [0.5, 0.6) is 5.75 Å².